The highest BCUT2D eigenvalue weighted by Gasteiger charge is 2.24. The van der Waals surface area contributed by atoms with E-state index in [0.717, 1.165) is 42.8 Å². The quantitative estimate of drug-likeness (QED) is 0.789. The van der Waals surface area contributed by atoms with Gasteiger partial charge < -0.3 is 14.5 Å². The zero-order chi connectivity index (χ0) is 19.5. The molecule has 1 aliphatic carbocycles. The fourth-order valence-electron chi connectivity index (χ4n) is 3.84. The molecule has 0 atom stereocenters. The Balaban J connectivity index is 1.64. The van der Waals surface area contributed by atoms with Crippen molar-refractivity contribution in [3.8, 4) is 11.4 Å². The molecule has 2 aromatic rings. The van der Waals surface area contributed by atoms with Gasteiger partial charge in [0.05, 0.1) is 19.8 Å². The first-order valence-corrected chi connectivity index (χ1v) is 10.2. The average Bonchev–Trinajstić information content (AvgIpc) is 2.73. The Hall–Kier alpha value is -2.18. The largest absolute Gasteiger partial charge is 0.378 e. The molecule has 0 spiro atoms. The molecule has 1 aromatic carbocycles. The van der Waals surface area contributed by atoms with Gasteiger partial charge in [-0.25, -0.2) is 9.97 Å². The van der Waals surface area contributed by atoms with Gasteiger partial charge in [-0.2, -0.15) is 0 Å². The van der Waals surface area contributed by atoms with E-state index in [1.807, 2.05) is 41.1 Å². The number of ether oxygens (including phenoxy) is 1. The number of aromatic nitrogens is 2. The lowest BCUT2D eigenvalue weighted by atomic mass is 9.95. The smallest absolute Gasteiger partial charge is 0.242 e. The first-order valence-electron chi connectivity index (χ1n) is 9.84. The molecule has 7 heteroatoms. The zero-order valence-corrected chi connectivity index (χ0v) is 16.9. The molecule has 1 saturated heterocycles. The van der Waals surface area contributed by atoms with Crippen LogP contribution in [0.15, 0.2) is 24.3 Å². The van der Waals surface area contributed by atoms with Crippen molar-refractivity contribution in [2.24, 2.45) is 0 Å². The first-order chi connectivity index (χ1) is 13.6. The van der Waals surface area contributed by atoms with Crippen molar-refractivity contribution in [3.05, 3.63) is 40.5 Å². The molecule has 4 rings (SSSR count). The van der Waals surface area contributed by atoms with Gasteiger partial charge in [0, 0.05) is 42.0 Å². The highest BCUT2D eigenvalue weighted by atomic mass is 35.5. The van der Waals surface area contributed by atoms with Gasteiger partial charge in [0.2, 0.25) is 5.91 Å². The van der Waals surface area contributed by atoms with Crippen molar-refractivity contribution in [1.82, 2.24) is 14.9 Å². The van der Waals surface area contributed by atoms with Gasteiger partial charge in [-0.1, -0.05) is 23.7 Å². The summed E-state index contributed by atoms with van der Waals surface area (Å²) in [4.78, 5) is 26.2. The number of likely N-dealkylation sites (N-methyl/N-ethyl adjacent to an activating group) is 1. The van der Waals surface area contributed by atoms with Crippen LogP contribution in [0.1, 0.15) is 24.1 Å². The third kappa shape index (κ3) is 4.13. The van der Waals surface area contributed by atoms with Gasteiger partial charge in [-0.15, -0.1) is 0 Å². The van der Waals surface area contributed by atoms with Crippen molar-refractivity contribution in [2.75, 3.05) is 44.8 Å². The summed E-state index contributed by atoms with van der Waals surface area (Å²) in [5.74, 6) is 1.64. The van der Waals surface area contributed by atoms with Gasteiger partial charge in [0.1, 0.15) is 5.82 Å². The van der Waals surface area contributed by atoms with Crippen molar-refractivity contribution in [1.29, 1.82) is 0 Å². The van der Waals surface area contributed by atoms with Crippen LogP contribution in [0.4, 0.5) is 5.82 Å². The highest BCUT2D eigenvalue weighted by molar-refractivity contribution is 6.30. The minimum Gasteiger partial charge on any atom is -0.378 e. The maximum absolute atomic E-state index is 12.7. The average molecular weight is 401 g/mol. The number of anilines is 1. The Morgan fingerprint density at radius 3 is 2.79 bits per heavy atom. The Morgan fingerprint density at radius 1 is 1.21 bits per heavy atom. The molecule has 0 bridgehead atoms. The molecule has 1 fully saturated rings. The van der Waals surface area contributed by atoms with E-state index in [4.69, 9.17) is 26.3 Å². The molecule has 1 aromatic heterocycles. The molecule has 1 aliphatic heterocycles. The van der Waals surface area contributed by atoms with Crippen molar-refractivity contribution < 1.29 is 9.53 Å². The summed E-state index contributed by atoms with van der Waals surface area (Å²) in [6.45, 7) is 2.83. The van der Waals surface area contributed by atoms with Crippen LogP contribution in [0.5, 0.6) is 0 Å². The number of rotatable bonds is 4. The lowest BCUT2D eigenvalue weighted by molar-refractivity contribution is -0.133. The molecule has 0 N–H and O–H groups in total. The van der Waals surface area contributed by atoms with Crippen molar-refractivity contribution in [3.63, 3.8) is 0 Å². The maximum Gasteiger partial charge on any atom is 0.242 e. The summed E-state index contributed by atoms with van der Waals surface area (Å²) < 4.78 is 5.35. The molecule has 0 unspecified atom stereocenters. The summed E-state index contributed by atoms with van der Waals surface area (Å²) in [5, 5.41) is 0.663. The van der Waals surface area contributed by atoms with E-state index < -0.39 is 0 Å². The number of fused-ring (bicyclic) bond motifs is 1. The third-order valence-corrected chi connectivity index (χ3v) is 5.58. The summed E-state index contributed by atoms with van der Waals surface area (Å²) in [5.41, 5.74) is 3.17. The minimum atomic E-state index is 0.110. The highest BCUT2D eigenvalue weighted by Crippen LogP contribution is 2.31. The Bertz CT molecular complexity index is 867. The summed E-state index contributed by atoms with van der Waals surface area (Å²) in [6, 6.07) is 7.61. The Labute approximate surface area is 170 Å². The molecule has 0 saturated carbocycles. The monoisotopic (exact) mass is 400 g/mol. The number of hydrogen-bond donors (Lipinski definition) is 0. The van der Waals surface area contributed by atoms with Crippen LogP contribution < -0.4 is 4.90 Å². The van der Waals surface area contributed by atoms with E-state index in [-0.39, 0.29) is 5.91 Å². The zero-order valence-electron chi connectivity index (χ0n) is 16.2. The van der Waals surface area contributed by atoms with Gasteiger partial charge in [0.15, 0.2) is 5.82 Å². The fourth-order valence-corrected chi connectivity index (χ4v) is 4.03. The van der Waals surface area contributed by atoms with Crippen molar-refractivity contribution >= 4 is 23.3 Å². The second kappa shape index (κ2) is 8.45. The Morgan fingerprint density at radius 2 is 2.00 bits per heavy atom. The van der Waals surface area contributed by atoms with E-state index in [1.54, 1.807) is 0 Å². The molecular formula is C21H25ClN4O2. The number of aryl methyl sites for hydroxylation is 1. The number of hydrogen-bond acceptors (Lipinski definition) is 5. The van der Waals surface area contributed by atoms with Crippen LogP contribution in [0.25, 0.3) is 11.4 Å². The fraction of sp³-hybridized carbons (Fsp3) is 0.476. The molecule has 1 amide bonds. The maximum atomic E-state index is 12.7. The van der Waals surface area contributed by atoms with E-state index >= 15 is 0 Å². The van der Waals surface area contributed by atoms with Crippen LogP contribution >= 0.6 is 11.6 Å². The Kier molecular flexibility index (Phi) is 5.78. The summed E-state index contributed by atoms with van der Waals surface area (Å²) >= 11 is 6.17. The SMILES string of the molecule is CN(CC(=O)N1CCOCC1)c1nc(-c2cccc(Cl)c2)nc2c1CCCC2. The van der Waals surface area contributed by atoms with E-state index in [2.05, 4.69) is 0 Å². The molecule has 28 heavy (non-hydrogen) atoms. The van der Waals surface area contributed by atoms with Crippen LogP contribution in [0.3, 0.4) is 0 Å². The van der Waals surface area contributed by atoms with Gasteiger partial charge >= 0.3 is 0 Å². The standard InChI is InChI=1S/C21H25ClN4O2/c1-25(14-19(27)26-9-11-28-12-10-26)21-17-7-2-3-8-18(17)23-20(24-21)15-5-4-6-16(22)13-15/h4-6,13H,2-3,7-12,14H2,1H3. The second-order valence-electron chi connectivity index (χ2n) is 7.36. The number of carbonyl (C=O) groups is 1. The van der Waals surface area contributed by atoms with E-state index in [0.29, 0.717) is 43.7 Å². The lowest BCUT2D eigenvalue weighted by Crippen LogP contribution is -2.45. The number of amides is 1. The summed E-state index contributed by atoms with van der Waals surface area (Å²) in [6.07, 6.45) is 4.17. The number of nitrogens with zero attached hydrogens (tertiary/aromatic N) is 4. The van der Waals surface area contributed by atoms with E-state index in [1.165, 1.54) is 5.56 Å². The van der Waals surface area contributed by atoms with E-state index in [9.17, 15) is 4.79 Å². The molecule has 2 aliphatic rings. The molecule has 0 radical (unpaired) electrons. The summed E-state index contributed by atoms with van der Waals surface area (Å²) in [7, 11) is 1.94. The molecule has 148 valence electrons. The van der Waals surface area contributed by atoms with Crippen LogP contribution in [0, 0.1) is 0 Å². The van der Waals surface area contributed by atoms with Gasteiger partial charge in [0.25, 0.3) is 0 Å². The molecule has 6 nitrogen and oxygen atoms in total. The van der Waals surface area contributed by atoms with Gasteiger partial charge in [-0.05, 0) is 37.8 Å². The predicted molar refractivity (Wildman–Crippen MR) is 110 cm³/mol. The van der Waals surface area contributed by atoms with Gasteiger partial charge in [-0.3, -0.25) is 4.79 Å². The lowest BCUT2D eigenvalue weighted by Gasteiger charge is -2.30. The number of halogens is 1. The van der Waals surface area contributed by atoms with Crippen LogP contribution in [-0.4, -0.2) is 60.7 Å². The molecular weight excluding hydrogens is 376 g/mol. The van der Waals surface area contributed by atoms with Crippen LogP contribution in [0.2, 0.25) is 5.02 Å². The second-order valence-corrected chi connectivity index (χ2v) is 7.80. The topological polar surface area (TPSA) is 58.6 Å². The number of morpholine rings is 1. The number of benzene rings is 1. The van der Waals surface area contributed by atoms with Crippen molar-refractivity contribution in [2.45, 2.75) is 25.7 Å². The first kappa shape index (κ1) is 19.2. The van der Waals surface area contributed by atoms with Crippen LogP contribution in [-0.2, 0) is 22.4 Å². The normalized spacial score (nSPS) is 16.6. The third-order valence-electron chi connectivity index (χ3n) is 5.34. The minimum absolute atomic E-state index is 0.110. The number of carbonyl (C=O) groups excluding carboxylic acids is 1. The molecule has 2 heterocycles. The predicted octanol–water partition coefficient (Wildman–Crippen LogP) is 2.97.